The molecule has 1 N–H and O–H groups in total. The molecule has 2 heterocycles. The topological polar surface area (TPSA) is 29.9 Å². The van der Waals surface area contributed by atoms with E-state index in [2.05, 4.69) is 47.2 Å². The minimum Gasteiger partial charge on any atom is -0.351 e. The van der Waals surface area contributed by atoms with Gasteiger partial charge in [0.25, 0.3) is 0 Å². The molecule has 0 aliphatic heterocycles. The van der Waals surface area contributed by atoms with Crippen molar-refractivity contribution in [3.8, 4) is 11.3 Å². The van der Waals surface area contributed by atoms with Crippen LogP contribution in [0.25, 0.3) is 11.3 Å². The maximum atomic E-state index is 4.69. The Morgan fingerprint density at radius 3 is 2.55 bits per heavy atom. The van der Waals surface area contributed by atoms with Gasteiger partial charge < -0.3 is 9.88 Å². The normalized spacial score (nSPS) is 10.8. The average molecular weight is 283 g/mol. The van der Waals surface area contributed by atoms with Crippen molar-refractivity contribution in [2.75, 3.05) is 5.32 Å². The van der Waals surface area contributed by atoms with E-state index in [-0.39, 0.29) is 0 Å². The molecule has 0 aliphatic carbocycles. The monoisotopic (exact) mass is 283 g/mol. The van der Waals surface area contributed by atoms with Gasteiger partial charge in [0, 0.05) is 35.1 Å². The fourth-order valence-electron chi connectivity index (χ4n) is 2.21. The lowest BCUT2D eigenvalue weighted by Crippen LogP contribution is -1.93. The Morgan fingerprint density at radius 2 is 1.90 bits per heavy atom. The molecule has 0 saturated carbocycles. The highest BCUT2D eigenvalue weighted by Gasteiger charge is 2.11. The van der Waals surface area contributed by atoms with Crippen LogP contribution in [-0.2, 0) is 7.05 Å². The van der Waals surface area contributed by atoms with Gasteiger partial charge >= 0.3 is 0 Å². The molecule has 0 amide bonds. The van der Waals surface area contributed by atoms with Gasteiger partial charge in [0.2, 0.25) is 0 Å². The Balaban J connectivity index is 1.88. The predicted molar refractivity (Wildman–Crippen MR) is 85.7 cm³/mol. The second-order valence-electron chi connectivity index (χ2n) is 4.87. The fourth-order valence-corrected chi connectivity index (χ4v) is 2.95. The Morgan fingerprint density at radius 1 is 1.15 bits per heavy atom. The lowest BCUT2D eigenvalue weighted by atomic mass is 10.2. The van der Waals surface area contributed by atoms with Gasteiger partial charge in [0.15, 0.2) is 5.13 Å². The summed E-state index contributed by atoms with van der Waals surface area (Å²) >= 11 is 1.63. The van der Waals surface area contributed by atoms with E-state index in [9.17, 15) is 0 Å². The van der Waals surface area contributed by atoms with Crippen LogP contribution in [0.2, 0.25) is 0 Å². The summed E-state index contributed by atoms with van der Waals surface area (Å²) in [6.45, 7) is 4.25. The van der Waals surface area contributed by atoms with Crippen LogP contribution in [0.4, 0.5) is 10.8 Å². The van der Waals surface area contributed by atoms with E-state index in [1.165, 1.54) is 17.0 Å². The molecule has 3 aromatic rings. The zero-order valence-corrected chi connectivity index (χ0v) is 12.7. The first-order valence-electron chi connectivity index (χ1n) is 6.56. The molecule has 0 unspecified atom stereocenters. The van der Waals surface area contributed by atoms with Crippen molar-refractivity contribution in [2.24, 2.45) is 7.05 Å². The van der Waals surface area contributed by atoms with Gasteiger partial charge in [0.05, 0.1) is 5.69 Å². The lowest BCUT2D eigenvalue weighted by Gasteiger charge is -2.01. The molecule has 0 spiro atoms. The molecular formula is C16H17N3S. The largest absolute Gasteiger partial charge is 0.351 e. The number of nitrogens with zero attached hydrogens (tertiary/aromatic N) is 2. The number of para-hydroxylation sites is 1. The minimum atomic E-state index is 0.923. The number of benzene rings is 1. The maximum Gasteiger partial charge on any atom is 0.187 e. The highest BCUT2D eigenvalue weighted by molar-refractivity contribution is 7.14. The van der Waals surface area contributed by atoms with Gasteiger partial charge in [-0.3, -0.25) is 0 Å². The van der Waals surface area contributed by atoms with Crippen LogP contribution in [0, 0.1) is 13.8 Å². The number of aryl methyl sites for hydroxylation is 1. The summed E-state index contributed by atoms with van der Waals surface area (Å²) in [5.74, 6) is 0. The molecule has 0 bridgehead atoms. The molecule has 20 heavy (non-hydrogen) atoms. The van der Waals surface area contributed by atoms with E-state index in [4.69, 9.17) is 0 Å². The van der Waals surface area contributed by atoms with Gasteiger partial charge in [-0.15, -0.1) is 11.3 Å². The van der Waals surface area contributed by atoms with Gasteiger partial charge in [-0.05, 0) is 32.0 Å². The zero-order valence-electron chi connectivity index (χ0n) is 11.8. The lowest BCUT2D eigenvalue weighted by molar-refractivity contribution is 0.845. The first-order chi connectivity index (χ1) is 9.65. The molecule has 0 fully saturated rings. The zero-order chi connectivity index (χ0) is 14.1. The van der Waals surface area contributed by atoms with Crippen LogP contribution in [0.15, 0.2) is 41.8 Å². The van der Waals surface area contributed by atoms with E-state index in [1.807, 2.05) is 30.3 Å². The van der Waals surface area contributed by atoms with Crippen molar-refractivity contribution >= 4 is 22.2 Å². The van der Waals surface area contributed by atoms with Crippen LogP contribution in [0.3, 0.4) is 0 Å². The number of thiazole rings is 1. The maximum absolute atomic E-state index is 4.69. The van der Waals surface area contributed by atoms with E-state index in [0.29, 0.717) is 0 Å². The van der Waals surface area contributed by atoms with Gasteiger partial charge in [-0.1, -0.05) is 18.2 Å². The minimum absolute atomic E-state index is 0.923. The van der Waals surface area contributed by atoms with E-state index in [1.54, 1.807) is 11.3 Å². The number of hydrogen-bond acceptors (Lipinski definition) is 3. The number of anilines is 2. The summed E-state index contributed by atoms with van der Waals surface area (Å²) < 4.78 is 2.19. The number of rotatable bonds is 3. The fraction of sp³-hybridized carbons (Fsp3) is 0.188. The highest BCUT2D eigenvalue weighted by Crippen LogP contribution is 2.30. The Hall–Kier alpha value is -2.07. The van der Waals surface area contributed by atoms with Crippen LogP contribution < -0.4 is 5.32 Å². The van der Waals surface area contributed by atoms with E-state index < -0.39 is 0 Å². The van der Waals surface area contributed by atoms with Crippen LogP contribution >= 0.6 is 11.3 Å². The van der Waals surface area contributed by atoms with Crippen molar-refractivity contribution in [2.45, 2.75) is 13.8 Å². The van der Waals surface area contributed by atoms with Gasteiger partial charge in [-0.25, -0.2) is 4.98 Å². The standard InChI is InChI=1S/C16H17N3S/c1-11-9-14(12(2)19(11)3)15-10-20-16(18-15)17-13-7-5-4-6-8-13/h4-10H,1-3H3,(H,17,18). The summed E-state index contributed by atoms with van der Waals surface area (Å²) in [5, 5.41) is 6.36. The Kier molecular flexibility index (Phi) is 3.32. The van der Waals surface area contributed by atoms with Crippen LogP contribution in [0.5, 0.6) is 0 Å². The smallest absolute Gasteiger partial charge is 0.187 e. The van der Waals surface area contributed by atoms with Crippen LogP contribution in [0.1, 0.15) is 11.4 Å². The summed E-state index contributed by atoms with van der Waals surface area (Å²) in [4.78, 5) is 4.69. The van der Waals surface area contributed by atoms with Crippen molar-refractivity contribution in [3.05, 3.63) is 53.2 Å². The summed E-state index contributed by atoms with van der Waals surface area (Å²) in [6, 6.07) is 12.3. The second-order valence-corrected chi connectivity index (χ2v) is 5.73. The summed E-state index contributed by atoms with van der Waals surface area (Å²) in [7, 11) is 2.09. The first-order valence-corrected chi connectivity index (χ1v) is 7.44. The third-order valence-electron chi connectivity index (χ3n) is 3.58. The van der Waals surface area contributed by atoms with Gasteiger partial charge in [-0.2, -0.15) is 0 Å². The molecule has 1 aromatic carbocycles. The molecule has 102 valence electrons. The molecule has 3 nitrogen and oxygen atoms in total. The van der Waals surface area contributed by atoms with Crippen molar-refractivity contribution in [1.82, 2.24) is 9.55 Å². The third-order valence-corrected chi connectivity index (χ3v) is 4.34. The van der Waals surface area contributed by atoms with Crippen molar-refractivity contribution in [1.29, 1.82) is 0 Å². The average Bonchev–Trinajstić information content (AvgIpc) is 3.01. The molecule has 0 saturated heterocycles. The molecule has 4 heteroatoms. The molecule has 0 aliphatic rings. The molecule has 0 radical (unpaired) electrons. The molecule has 2 aromatic heterocycles. The SMILES string of the molecule is Cc1cc(-c2csc(Nc3ccccc3)n2)c(C)n1C. The van der Waals surface area contributed by atoms with Crippen LogP contribution in [-0.4, -0.2) is 9.55 Å². The molecule has 3 rings (SSSR count). The van der Waals surface area contributed by atoms with Crippen molar-refractivity contribution < 1.29 is 0 Å². The second kappa shape index (κ2) is 5.13. The summed E-state index contributed by atoms with van der Waals surface area (Å²) in [6.07, 6.45) is 0. The quantitative estimate of drug-likeness (QED) is 0.766. The third kappa shape index (κ3) is 2.34. The predicted octanol–water partition coefficient (Wildman–Crippen LogP) is 4.51. The molecular weight excluding hydrogens is 266 g/mol. The molecule has 0 atom stereocenters. The first kappa shape index (κ1) is 12.9. The van der Waals surface area contributed by atoms with Gasteiger partial charge in [0.1, 0.15) is 0 Å². The number of aromatic nitrogens is 2. The Labute approximate surface area is 122 Å². The summed E-state index contributed by atoms with van der Waals surface area (Å²) in [5.41, 5.74) is 5.81. The van der Waals surface area contributed by atoms with E-state index >= 15 is 0 Å². The number of hydrogen-bond donors (Lipinski definition) is 1. The Bertz CT molecular complexity index is 726. The number of nitrogens with one attached hydrogen (secondary N) is 1. The van der Waals surface area contributed by atoms with Crippen molar-refractivity contribution in [3.63, 3.8) is 0 Å². The highest BCUT2D eigenvalue weighted by atomic mass is 32.1. The van der Waals surface area contributed by atoms with E-state index in [0.717, 1.165) is 16.5 Å².